The summed E-state index contributed by atoms with van der Waals surface area (Å²) in [6.07, 6.45) is 3.27. The Labute approximate surface area is 209 Å². The highest BCUT2D eigenvalue weighted by atomic mass is 35.5. The Hall–Kier alpha value is -4.04. The van der Waals surface area contributed by atoms with Crippen molar-refractivity contribution in [3.8, 4) is 0 Å². The summed E-state index contributed by atoms with van der Waals surface area (Å²) in [5.41, 5.74) is 3.05. The quantitative estimate of drug-likeness (QED) is 0.326. The molecule has 4 heterocycles. The number of non-ortho nitro benzene ring substituents is 1. The van der Waals surface area contributed by atoms with Crippen LogP contribution in [-0.2, 0) is 6.54 Å². The zero-order chi connectivity index (χ0) is 25.6. The molecule has 1 aromatic heterocycles. The fourth-order valence-electron chi connectivity index (χ4n) is 5.17. The van der Waals surface area contributed by atoms with Crippen molar-refractivity contribution >= 4 is 28.7 Å². The van der Waals surface area contributed by atoms with Gasteiger partial charge in [0.15, 0.2) is 5.82 Å². The molecule has 15 heteroatoms. The Morgan fingerprint density at radius 2 is 1.83 bits per heavy atom. The van der Waals surface area contributed by atoms with E-state index < -0.39 is 27.3 Å². The summed E-state index contributed by atoms with van der Waals surface area (Å²) >= 11 is 5.89. The van der Waals surface area contributed by atoms with E-state index in [-0.39, 0.29) is 22.5 Å². The van der Waals surface area contributed by atoms with Crippen molar-refractivity contribution in [2.75, 3.05) is 18.5 Å². The van der Waals surface area contributed by atoms with E-state index in [0.29, 0.717) is 43.4 Å². The largest absolute Gasteiger partial charge is 0.347 e. The van der Waals surface area contributed by atoms with Gasteiger partial charge >= 0.3 is 11.4 Å². The molecule has 0 spiro atoms. The van der Waals surface area contributed by atoms with Crippen molar-refractivity contribution in [1.29, 1.82) is 0 Å². The van der Waals surface area contributed by atoms with Gasteiger partial charge in [0.05, 0.1) is 20.8 Å². The van der Waals surface area contributed by atoms with Crippen LogP contribution >= 0.6 is 11.6 Å². The lowest BCUT2D eigenvalue weighted by Crippen LogP contribution is -2.62. The second-order valence-electron chi connectivity index (χ2n) is 8.73. The Kier molecular flexibility index (Phi) is 6.05. The Bertz CT molecular complexity index is 1270. The van der Waals surface area contributed by atoms with Gasteiger partial charge in [0.2, 0.25) is 0 Å². The first-order chi connectivity index (χ1) is 17.2. The molecule has 14 nitrogen and oxygen atoms in total. The van der Waals surface area contributed by atoms with Crippen molar-refractivity contribution in [3.05, 3.63) is 89.1 Å². The second-order valence-corrected chi connectivity index (χ2v) is 9.12. The molecule has 2 fully saturated rings. The molecule has 0 unspecified atom stereocenters. The highest BCUT2D eigenvalue weighted by molar-refractivity contribution is 6.29. The van der Waals surface area contributed by atoms with E-state index in [2.05, 4.69) is 10.4 Å². The van der Waals surface area contributed by atoms with E-state index in [1.807, 2.05) is 15.9 Å². The third-order valence-corrected chi connectivity index (χ3v) is 6.90. The maximum Gasteiger partial charge on any atom is 0.305 e. The molecule has 1 aromatic carbocycles. The lowest BCUT2D eigenvalue weighted by Gasteiger charge is -2.49. The molecule has 5 rings (SSSR count). The smallest absolute Gasteiger partial charge is 0.305 e. The summed E-state index contributed by atoms with van der Waals surface area (Å²) in [5, 5.41) is 37.2. The standard InChI is InChI=1S/C21H21ClN8O6/c22-18-7-4-13(11-23-18)12-25-8-9-26-19-3-1-2-16(20(21(25)26)30(35)36)27(19)24-15-6-5-14(28(31)32)10-17(15)29(33)34/h4-7,10-11,16,19,24H,1-3,8-9,12H2/t16-,19+/m0/s1. The molecule has 2 saturated heterocycles. The second kappa shape index (κ2) is 9.20. The number of rotatable bonds is 7. The van der Waals surface area contributed by atoms with Crippen molar-refractivity contribution in [3.63, 3.8) is 0 Å². The lowest BCUT2D eigenvalue weighted by atomic mass is 9.94. The van der Waals surface area contributed by atoms with E-state index in [1.54, 1.807) is 17.3 Å². The van der Waals surface area contributed by atoms with Crippen LogP contribution in [0.2, 0.25) is 5.15 Å². The van der Waals surface area contributed by atoms with Crippen molar-refractivity contribution in [2.45, 2.75) is 38.0 Å². The number of pyridine rings is 1. The summed E-state index contributed by atoms with van der Waals surface area (Å²) in [7, 11) is 0. The number of piperidine rings is 1. The van der Waals surface area contributed by atoms with Gasteiger partial charge in [-0.2, -0.15) is 5.01 Å². The monoisotopic (exact) mass is 516 g/mol. The van der Waals surface area contributed by atoms with Crippen molar-refractivity contribution in [1.82, 2.24) is 19.8 Å². The predicted octanol–water partition coefficient (Wildman–Crippen LogP) is 3.34. The molecule has 2 bridgehead atoms. The normalized spacial score (nSPS) is 21.4. The number of hydrogen-bond acceptors (Lipinski definition) is 11. The maximum atomic E-state index is 12.4. The SMILES string of the molecule is O=[N+]([O-])C1=C2N(Cc3ccc(Cl)nc3)CCN2[C@H]2CCC[C@@H]1N2Nc1ccc([N+](=O)[O-])cc1[N+](=O)[O-]. The highest BCUT2D eigenvalue weighted by Crippen LogP contribution is 2.42. The number of nitrogens with zero attached hydrogens (tertiary/aromatic N) is 7. The van der Waals surface area contributed by atoms with Gasteiger partial charge in [0.25, 0.3) is 5.69 Å². The molecule has 2 atom stereocenters. The van der Waals surface area contributed by atoms with Crippen LogP contribution < -0.4 is 5.43 Å². The molecule has 3 aliphatic heterocycles. The molecule has 0 aliphatic carbocycles. The summed E-state index contributed by atoms with van der Waals surface area (Å²) in [4.78, 5) is 41.3. The average molecular weight is 517 g/mol. The van der Waals surface area contributed by atoms with Gasteiger partial charge in [-0.25, -0.2) is 4.98 Å². The number of hydrogen-bond donors (Lipinski definition) is 1. The molecule has 36 heavy (non-hydrogen) atoms. The van der Waals surface area contributed by atoms with Gasteiger partial charge < -0.3 is 15.2 Å². The van der Waals surface area contributed by atoms with Gasteiger partial charge in [-0.1, -0.05) is 17.7 Å². The molecule has 1 N–H and O–H groups in total. The van der Waals surface area contributed by atoms with Gasteiger partial charge in [-0.05, 0) is 37.0 Å². The van der Waals surface area contributed by atoms with E-state index in [4.69, 9.17) is 11.6 Å². The fraction of sp³-hybridized carbons (Fsp3) is 0.381. The van der Waals surface area contributed by atoms with Crippen LogP contribution in [0.5, 0.6) is 0 Å². The van der Waals surface area contributed by atoms with Gasteiger partial charge in [0, 0.05) is 31.9 Å². The van der Waals surface area contributed by atoms with E-state index in [9.17, 15) is 30.3 Å². The Morgan fingerprint density at radius 3 is 2.50 bits per heavy atom. The zero-order valence-electron chi connectivity index (χ0n) is 18.8. The van der Waals surface area contributed by atoms with Crippen LogP contribution in [0.3, 0.4) is 0 Å². The zero-order valence-corrected chi connectivity index (χ0v) is 19.6. The van der Waals surface area contributed by atoms with Crippen LogP contribution in [0.25, 0.3) is 0 Å². The van der Waals surface area contributed by atoms with Gasteiger partial charge in [-0.15, -0.1) is 0 Å². The lowest BCUT2D eigenvalue weighted by molar-refractivity contribution is -0.441. The molecular weight excluding hydrogens is 496 g/mol. The number of nitrogens with one attached hydrogen (secondary N) is 1. The fourth-order valence-corrected chi connectivity index (χ4v) is 5.28. The summed E-state index contributed by atoms with van der Waals surface area (Å²) in [6, 6.07) is 6.17. The highest BCUT2D eigenvalue weighted by Gasteiger charge is 2.52. The number of anilines is 1. The first kappa shape index (κ1) is 23.7. The summed E-state index contributed by atoms with van der Waals surface area (Å²) in [6.45, 7) is 1.52. The third kappa shape index (κ3) is 4.13. The number of nitro groups is 3. The number of hydrazine groups is 1. The molecular formula is C21H21ClN8O6. The first-order valence-electron chi connectivity index (χ1n) is 11.2. The number of aromatic nitrogens is 1. The topological polar surface area (TPSA) is 164 Å². The molecule has 0 saturated carbocycles. The Balaban J connectivity index is 1.51. The van der Waals surface area contributed by atoms with Crippen LogP contribution in [0.4, 0.5) is 17.1 Å². The van der Waals surface area contributed by atoms with E-state index in [0.717, 1.165) is 18.1 Å². The summed E-state index contributed by atoms with van der Waals surface area (Å²) < 4.78 is 0. The molecule has 2 aromatic rings. The molecule has 0 amide bonds. The van der Waals surface area contributed by atoms with E-state index in [1.165, 1.54) is 12.1 Å². The number of fused-ring (bicyclic) bond motifs is 4. The average Bonchev–Trinajstić information content (AvgIpc) is 3.23. The number of benzene rings is 1. The minimum atomic E-state index is -0.707. The summed E-state index contributed by atoms with van der Waals surface area (Å²) in [5.74, 6) is 0.542. The Morgan fingerprint density at radius 1 is 1.03 bits per heavy atom. The molecule has 188 valence electrons. The van der Waals surface area contributed by atoms with Crippen LogP contribution in [0, 0.1) is 30.3 Å². The number of nitro benzene ring substituents is 2. The van der Waals surface area contributed by atoms with Crippen molar-refractivity contribution < 1.29 is 14.8 Å². The number of halogens is 1. The maximum absolute atomic E-state index is 12.4. The molecule has 3 aliphatic rings. The molecule has 0 radical (unpaired) electrons. The third-order valence-electron chi connectivity index (χ3n) is 6.68. The first-order valence-corrected chi connectivity index (χ1v) is 11.6. The van der Waals surface area contributed by atoms with Crippen molar-refractivity contribution in [2.24, 2.45) is 0 Å². The van der Waals surface area contributed by atoms with Crippen LogP contribution in [-0.4, -0.2) is 59.9 Å². The van der Waals surface area contributed by atoms with E-state index >= 15 is 0 Å². The van der Waals surface area contributed by atoms with Crippen LogP contribution in [0.1, 0.15) is 24.8 Å². The van der Waals surface area contributed by atoms with Gasteiger partial charge in [0.1, 0.15) is 23.0 Å². The minimum Gasteiger partial charge on any atom is -0.347 e. The predicted molar refractivity (Wildman–Crippen MR) is 127 cm³/mol. The minimum absolute atomic E-state index is 0.0161. The van der Waals surface area contributed by atoms with Crippen LogP contribution in [0.15, 0.2) is 48.0 Å². The van der Waals surface area contributed by atoms with Gasteiger partial charge in [-0.3, -0.25) is 30.3 Å².